The molecule has 0 aliphatic heterocycles. The van der Waals surface area contributed by atoms with E-state index in [1.807, 2.05) is 55.5 Å². The van der Waals surface area contributed by atoms with Crippen LogP contribution >= 0.6 is 0 Å². The van der Waals surface area contributed by atoms with Gasteiger partial charge in [0.25, 0.3) is 0 Å². The van der Waals surface area contributed by atoms with E-state index in [0.717, 1.165) is 29.1 Å². The highest BCUT2D eigenvalue weighted by molar-refractivity contribution is 5.62. The lowest BCUT2D eigenvalue weighted by atomic mass is 10.0. The average molecular weight is 386 g/mol. The molecule has 0 unspecified atom stereocenters. The molecule has 0 fully saturated rings. The summed E-state index contributed by atoms with van der Waals surface area (Å²) < 4.78 is 6.05. The van der Waals surface area contributed by atoms with Gasteiger partial charge in [-0.2, -0.15) is 0 Å². The van der Waals surface area contributed by atoms with Gasteiger partial charge in [-0.05, 0) is 61.4 Å². The molecule has 0 bridgehead atoms. The molecular weight excluding hydrogens is 360 g/mol. The molecule has 0 spiro atoms. The van der Waals surface area contributed by atoms with Gasteiger partial charge < -0.3 is 20.5 Å². The minimum Gasteiger partial charge on any atom is -0.508 e. The van der Waals surface area contributed by atoms with Crippen molar-refractivity contribution in [3.8, 4) is 17.2 Å². The number of phenols is 1. The number of aromatic hydroxyl groups is 1. The van der Waals surface area contributed by atoms with Gasteiger partial charge in [0, 0.05) is 11.4 Å². The number of allylic oxidation sites excluding steroid dienone is 1. The Balaban J connectivity index is 1.89. The zero-order valence-electron chi connectivity index (χ0n) is 16.6. The van der Waals surface area contributed by atoms with E-state index in [2.05, 4.69) is 29.9 Å². The van der Waals surface area contributed by atoms with E-state index in [9.17, 15) is 5.11 Å². The topological polar surface area (TPSA) is 53.5 Å². The molecule has 0 radical (unpaired) electrons. The number of anilines is 2. The summed E-state index contributed by atoms with van der Waals surface area (Å²) in [7, 11) is 0. The van der Waals surface area contributed by atoms with Crippen LogP contribution in [0.4, 0.5) is 11.4 Å². The van der Waals surface area contributed by atoms with Crippen LogP contribution in [0.5, 0.6) is 17.2 Å². The fraction of sp³-hybridized carbons (Fsp3) is 0.120. The van der Waals surface area contributed by atoms with Crippen LogP contribution in [0.3, 0.4) is 0 Å². The van der Waals surface area contributed by atoms with Crippen LogP contribution in [0, 0.1) is 0 Å². The predicted octanol–water partition coefficient (Wildman–Crippen LogP) is 6.86. The largest absolute Gasteiger partial charge is 0.508 e. The predicted molar refractivity (Wildman–Crippen MR) is 121 cm³/mol. The second-order valence-corrected chi connectivity index (χ2v) is 6.81. The number of ether oxygens (including phenoxy) is 1. The highest BCUT2D eigenvalue weighted by Crippen LogP contribution is 2.35. The molecule has 4 heteroatoms. The third kappa shape index (κ3) is 5.42. The molecule has 3 aromatic rings. The van der Waals surface area contributed by atoms with Crippen molar-refractivity contribution >= 4 is 11.4 Å². The van der Waals surface area contributed by atoms with Gasteiger partial charge in [-0.25, -0.2) is 0 Å². The minimum absolute atomic E-state index is 0.000109. The zero-order valence-corrected chi connectivity index (χ0v) is 16.6. The van der Waals surface area contributed by atoms with Gasteiger partial charge in [0.05, 0.1) is 11.7 Å². The van der Waals surface area contributed by atoms with Gasteiger partial charge in [0.1, 0.15) is 11.5 Å². The van der Waals surface area contributed by atoms with E-state index in [4.69, 9.17) is 4.74 Å². The van der Waals surface area contributed by atoms with Crippen LogP contribution < -0.4 is 15.4 Å². The van der Waals surface area contributed by atoms with E-state index in [1.54, 1.807) is 24.3 Å². The van der Waals surface area contributed by atoms with Crippen molar-refractivity contribution in [1.29, 1.82) is 0 Å². The number of phenolic OH excluding ortho intramolecular Hbond substituents is 1. The number of hydrogen-bond donors (Lipinski definition) is 3. The minimum atomic E-state index is 0.000109. The quantitative estimate of drug-likeness (QED) is 0.352. The molecule has 0 aromatic heterocycles. The van der Waals surface area contributed by atoms with Crippen LogP contribution in [-0.4, -0.2) is 5.11 Å². The zero-order chi connectivity index (χ0) is 20.6. The average Bonchev–Trinajstić information content (AvgIpc) is 2.71. The Morgan fingerprint density at radius 2 is 1.66 bits per heavy atom. The molecule has 0 heterocycles. The van der Waals surface area contributed by atoms with Crippen LogP contribution in [-0.2, 0) is 0 Å². The molecule has 0 saturated carbocycles. The summed E-state index contributed by atoms with van der Waals surface area (Å²) >= 11 is 0. The SMILES string of the molecule is C=CC[C@@H](Nc1ccccc1Oc1ccc(O)cc1)c1ccccc1NC(=C)C. The van der Waals surface area contributed by atoms with Crippen LogP contribution in [0.25, 0.3) is 0 Å². The summed E-state index contributed by atoms with van der Waals surface area (Å²) in [6, 6.07) is 22.6. The molecule has 1 atom stereocenters. The van der Waals surface area contributed by atoms with Crippen molar-refractivity contribution < 1.29 is 9.84 Å². The van der Waals surface area contributed by atoms with Gasteiger partial charge in [0.15, 0.2) is 5.75 Å². The molecule has 0 amide bonds. The fourth-order valence-electron chi connectivity index (χ4n) is 3.08. The number of rotatable bonds is 9. The maximum atomic E-state index is 9.48. The maximum Gasteiger partial charge on any atom is 0.150 e. The first kappa shape index (κ1) is 20.1. The van der Waals surface area contributed by atoms with Gasteiger partial charge in [-0.1, -0.05) is 43.0 Å². The van der Waals surface area contributed by atoms with Crippen molar-refractivity contribution in [1.82, 2.24) is 0 Å². The van der Waals surface area contributed by atoms with E-state index in [0.29, 0.717) is 11.5 Å². The van der Waals surface area contributed by atoms with Crippen LogP contribution in [0.2, 0.25) is 0 Å². The highest BCUT2D eigenvalue weighted by Gasteiger charge is 2.16. The third-order valence-electron chi connectivity index (χ3n) is 4.37. The summed E-state index contributed by atoms with van der Waals surface area (Å²) in [6.07, 6.45) is 2.64. The van der Waals surface area contributed by atoms with E-state index in [-0.39, 0.29) is 11.8 Å². The Morgan fingerprint density at radius 1 is 1.00 bits per heavy atom. The Bertz CT molecular complexity index is 980. The van der Waals surface area contributed by atoms with Crippen molar-refractivity contribution in [2.24, 2.45) is 0 Å². The number of para-hydroxylation sites is 3. The molecule has 0 aliphatic carbocycles. The monoisotopic (exact) mass is 386 g/mol. The van der Waals surface area contributed by atoms with E-state index < -0.39 is 0 Å². The summed E-state index contributed by atoms with van der Waals surface area (Å²) in [6.45, 7) is 9.82. The van der Waals surface area contributed by atoms with Crippen molar-refractivity contribution in [3.05, 3.63) is 103 Å². The van der Waals surface area contributed by atoms with Gasteiger partial charge in [-0.15, -0.1) is 6.58 Å². The number of nitrogens with one attached hydrogen (secondary N) is 2. The second-order valence-electron chi connectivity index (χ2n) is 6.81. The summed E-state index contributed by atoms with van der Waals surface area (Å²) in [5, 5.41) is 16.4. The second kappa shape index (κ2) is 9.51. The lowest BCUT2D eigenvalue weighted by Crippen LogP contribution is -2.13. The molecule has 29 heavy (non-hydrogen) atoms. The molecular formula is C25H26N2O2. The maximum absolute atomic E-state index is 9.48. The first-order chi connectivity index (χ1) is 14.1. The van der Waals surface area contributed by atoms with Gasteiger partial charge in [0.2, 0.25) is 0 Å². The van der Waals surface area contributed by atoms with Crippen LogP contribution in [0.1, 0.15) is 24.9 Å². The molecule has 4 nitrogen and oxygen atoms in total. The molecule has 3 rings (SSSR count). The third-order valence-corrected chi connectivity index (χ3v) is 4.37. The first-order valence-electron chi connectivity index (χ1n) is 9.51. The van der Waals surface area contributed by atoms with Crippen molar-refractivity contribution in [3.63, 3.8) is 0 Å². The first-order valence-corrected chi connectivity index (χ1v) is 9.51. The number of hydrogen-bond acceptors (Lipinski definition) is 4. The van der Waals surface area contributed by atoms with E-state index >= 15 is 0 Å². The summed E-state index contributed by atoms with van der Waals surface area (Å²) in [4.78, 5) is 0. The molecule has 3 N–H and O–H groups in total. The Labute approximate surface area is 172 Å². The van der Waals surface area contributed by atoms with Crippen LogP contribution in [0.15, 0.2) is 97.7 Å². The smallest absolute Gasteiger partial charge is 0.150 e. The summed E-state index contributed by atoms with van der Waals surface area (Å²) in [5.74, 6) is 1.57. The van der Waals surface area contributed by atoms with E-state index in [1.165, 1.54) is 0 Å². The summed E-state index contributed by atoms with van der Waals surface area (Å²) in [5.41, 5.74) is 3.88. The molecule has 0 aliphatic rings. The lowest BCUT2D eigenvalue weighted by molar-refractivity contribution is 0.464. The fourth-order valence-corrected chi connectivity index (χ4v) is 3.08. The van der Waals surface area contributed by atoms with Gasteiger partial charge >= 0.3 is 0 Å². The molecule has 0 saturated heterocycles. The van der Waals surface area contributed by atoms with Crippen molar-refractivity contribution in [2.75, 3.05) is 10.6 Å². The Kier molecular flexibility index (Phi) is 6.59. The molecule has 148 valence electrons. The highest BCUT2D eigenvalue weighted by atomic mass is 16.5. The lowest BCUT2D eigenvalue weighted by Gasteiger charge is -2.24. The number of benzene rings is 3. The molecule has 3 aromatic carbocycles. The Morgan fingerprint density at radius 3 is 2.34 bits per heavy atom. The van der Waals surface area contributed by atoms with Gasteiger partial charge in [-0.3, -0.25) is 0 Å². The standard InChI is InChI=1S/C25H26N2O2/c1-4-9-22(21-10-5-6-11-23(21)26-18(2)3)27-24-12-7-8-13-25(24)29-20-16-14-19(28)15-17-20/h4-8,10-17,22,26-28H,1-2,9H2,3H3/t22-/m1/s1. The normalized spacial score (nSPS) is 11.3. The van der Waals surface area contributed by atoms with Crippen molar-refractivity contribution in [2.45, 2.75) is 19.4 Å². The Hall–Kier alpha value is -3.66.